The molecule has 1 rings (SSSR count). The van der Waals surface area contributed by atoms with Gasteiger partial charge in [-0.3, -0.25) is 0 Å². The van der Waals surface area contributed by atoms with Gasteiger partial charge >= 0.3 is 0 Å². The lowest BCUT2D eigenvalue weighted by atomic mass is 10.5. The smallest absolute Gasteiger partial charge is 0.181 e. The van der Waals surface area contributed by atoms with Crippen LogP contribution in [0.5, 0.6) is 0 Å². The molecule has 0 spiro atoms. The molecular formula is C9H16N2OS2. The second-order valence-electron chi connectivity index (χ2n) is 2.89. The van der Waals surface area contributed by atoms with Gasteiger partial charge in [0, 0.05) is 12.4 Å². The van der Waals surface area contributed by atoms with Crippen LogP contribution in [0, 0.1) is 6.92 Å². The highest BCUT2D eigenvalue weighted by molar-refractivity contribution is 8.01. The van der Waals surface area contributed by atoms with Gasteiger partial charge in [0.05, 0.1) is 16.5 Å². The lowest BCUT2D eigenvalue weighted by Crippen LogP contribution is -1.97. The van der Waals surface area contributed by atoms with E-state index in [9.17, 15) is 0 Å². The molecule has 3 nitrogen and oxygen atoms in total. The summed E-state index contributed by atoms with van der Waals surface area (Å²) in [4.78, 5) is 4.16. The number of nitrogens with two attached hydrogens (primary N) is 1. The van der Waals surface area contributed by atoms with E-state index in [-0.39, 0.29) is 0 Å². The van der Waals surface area contributed by atoms with Gasteiger partial charge in [0.25, 0.3) is 0 Å². The Labute approximate surface area is 93.1 Å². The van der Waals surface area contributed by atoms with Crippen molar-refractivity contribution < 1.29 is 4.74 Å². The Morgan fingerprint density at radius 3 is 2.86 bits per heavy atom. The summed E-state index contributed by atoms with van der Waals surface area (Å²) in [6, 6.07) is 0. The summed E-state index contributed by atoms with van der Waals surface area (Å²) in [5.41, 5.74) is 6.63. The van der Waals surface area contributed by atoms with E-state index in [2.05, 4.69) is 11.9 Å². The molecule has 0 fully saturated rings. The van der Waals surface area contributed by atoms with Gasteiger partial charge in [0.1, 0.15) is 0 Å². The van der Waals surface area contributed by atoms with Crippen LogP contribution in [0.4, 0.5) is 5.13 Å². The van der Waals surface area contributed by atoms with Crippen molar-refractivity contribution in [3.63, 3.8) is 0 Å². The van der Waals surface area contributed by atoms with Crippen molar-refractivity contribution in [2.45, 2.75) is 24.5 Å². The zero-order valence-electron chi connectivity index (χ0n) is 8.58. The monoisotopic (exact) mass is 232 g/mol. The quantitative estimate of drug-likeness (QED) is 0.605. The first-order chi connectivity index (χ1) is 6.74. The summed E-state index contributed by atoms with van der Waals surface area (Å²) >= 11 is 3.32. The largest absolute Gasteiger partial charge is 0.381 e. The normalized spacial score (nSPS) is 10.7. The van der Waals surface area contributed by atoms with Gasteiger partial charge in [-0.1, -0.05) is 18.3 Å². The average molecular weight is 232 g/mol. The first-order valence-corrected chi connectivity index (χ1v) is 6.47. The first-order valence-electron chi connectivity index (χ1n) is 4.67. The minimum absolute atomic E-state index is 0.652. The molecule has 2 N–H and O–H groups in total. The molecule has 1 heterocycles. The molecule has 0 unspecified atom stereocenters. The van der Waals surface area contributed by atoms with E-state index < -0.39 is 0 Å². The fraction of sp³-hybridized carbons (Fsp3) is 0.667. The number of hydrogen-bond acceptors (Lipinski definition) is 5. The predicted molar refractivity (Wildman–Crippen MR) is 63.1 cm³/mol. The predicted octanol–water partition coefficient (Wildman–Crippen LogP) is 2.55. The number of hydrogen-bond donors (Lipinski definition) is 1. The van der Waals surface area contributed by atoms with Crippen molar-refractivity contribution in [1.29, 1.82) is 0 Å². The molecule has 80 valence electrons. The molecule has 0 saturated heterocycles. The second-order valence-corrected chi connectivity index (χ2v) is 5.28. The zero-order chi connectivity index (χ0) is 10.4. The Hall–Kier alpha value is -0.260. The molecule has 0 aromatic carbocycles. The summed E-state index contributed by atoms with van der Waals surface area (Å²) in [7, 11) is 0. The first kappa shape index (κ1) is 11.8. The van der Waals surface area contributed by atoms with Gasteiger partial charge in [0.2, 0.25) is 0 Å². The van der Waals surface area contributed by atoms with Crippen LogP contribution in [0.1, 0.15) is 19.0 Å². The van der Waals surface area contributed by atoms with Crippen molar-refractivity contribution in [3.8, 4) is 0 Å². The fourth-order valence-electron chi connectivity index (χ4n) is 0.976. The van der Waals surface area contributed by atoms with E-state index >= 15 is 0 Å². The third kappa shape index (κ3) is 3.86. The van der Waals surface area contributed by atoms with E-state index in [1.807, 2.05) is 6.92 Å². The number of aromatic nitrogens is 1. The number of aryl methyl sites for hydroxylation is 1. The number of thiazole rings is 1. The topological polar surface area (TPSA) is 48.1 Å². The Kier molecular flexibility index (Phi) is 5.29. The van der Waals surface area contributed by atoms with Crippen LogP contribution in [0.2, 0.25) is 0 Å². The second kappa shape index (κ2) is 6.27. The van der Waals surface area contributed by atoms with E-state index in [0.717, 1.165) is 31.1 Å². The maximum atomic E-state index is 5.59. The summed E-state index contributed by atoms with van der Waals surface area (Å²) < 4.78 is 6.59. The summed E-state index contributed by atoms with van der Waals surface area (Å²) in [5.74, 6) is 0.975. The molecule has 1 aromatic rings. The van der Waals surface area contributed by atoms with Gasteiger partial charge in [-0.2, -0.15) is 0 Å². The van der Waals surface area contributed by atoms with E-state index in [1.54, 1.807) is 23.1 Å². The molecule has 0 aliphatic rings. The highest BCUT2D eigenvalue weighted by atomic mass is 32.2. The fourth-order valence-corrected chi connectivity index (χ4v) is 2.93. The van der Waals surface area contributed by atoms with E-state index in [1.165, 1.54) is 4.21 Å². The maximum absolute atomic E-state index is 5.59. The molecule has 5 heteroatoms. The van der Waals surface area contributed by atoms with Gasteiger partial charge in [-0.25, -0.2) is 4.98 Å². The molecule has 1 aromatic heterocycles. The molecule has 0 saturated carbocycles. The minimum Gasteiger partial charge on any atom is -0.381 e. The van der Waals surface area contributed by atoms with Crippen LogP contribution < -0.4 is 5.73 Å². The number of nitrogens with zero attached hydrogens (tertiary/aromatic N) is 1. The van der Waals surface area contributed by atoms with Gasteiger partial charge in [0.15, 0.2) is 5.13 Å². The lowest BCUT2D eigenvalue weighted by Gasteiger charge is -2.00. The van der Waals surface area contributed by atoms with Crippen molar-refractivity contribution >= 4 is 28.2 Å². The van der Waals surface area contributed by atoms with Gasteiger partial charge < -0.3 is 10.5 Å². The highest BCUT2D eigenvalue weighted by Gasteiger charge is 2.04. The lowest BCUT2D eigenvalue weighted by molar-refractivity contribution is 0.151. The van der Waals surface area contributed by atoms with Gasteiger partial charge in [-0.15, -0.1) is 11.8 Å². The number of rotatable bonds is 6. The molecule has 0 atom stereocenters. The van der Waals surface area contributed by atoms with Crippen LogP contribution >= 0.6 is 23.1 Å². The summed E-state index contributed by atoms with van der Waals surface area (Å²) in [6.45, 7) is 5.75. The average Bonchev–Trinajstić information content (AvgIpc) is 2.45. The van der Waals surface area contributed by atoms with Crippen molar-refractivity contribution in [2.24, 2.45) is 0 Å². The molecule has 0 radical (unpaired) electrons. The van der Waals surface area contributed by atoms with Crippen molar-refractivity contribution in [1.82, 2.24) is 4.98 Å². The standard InChI is InChI=1S/C9H16N2OS2/c1-3-4-12-5-6-13-8-7(2)11-9(10)14-8/h3-6H2,1-2H3,(H2,10,11). The highest BCUT2D eigenvalue weighted by Crippen LogP contribution is 2.30. The van der Waals surface area contributed by atoms with E-state index in [4.69, 9.17) is 10.5 Å². The van der Waals surface area contributed by atoms with Crippen LogP contribution in [0.15, 0.2) is 4.21 Å². The van der Waals surface area contributed by atoms with Gasteiger partial charge in [-0.05, 0) is 13.3 Å². The minimum atomic E-state index is 0.652. The third-order valence-corrected chi connectivity index (χ3v) is 3.89. The summed E-state index contributed by atoms with van der Waals surface area (Å²) in [6.07, 6.45) is 1.08. The number of nitrogen functional groups attached to an aromatic ring is 1. The Bertz CT molecular complexity index is 276. The molecular weight excluding hydrogens is 216 g/mol. The van der Waals surface area contributed by atoms with Crippen molar-refractivity contribution in [2.75, 3.05) is 24.7 Å². The molecule has 14 heavy (non-hydrogen) atoms. The number of thioether (sulfide) groups is 1. The maximum Gasteiger partial charge on any atom is 0.181 e. The Morgan fingerprint density at radius 2 is 2.29 bits per heavy atom. The van der Waals surface area contributed by atoms with Crippen LogP contribution in [-0.4, -0.2) is 24.0 Å². The summed E-state index contributed by atoms with van der Waals surface area (Å²) in [5, 5.41) is 0.652. The SMILES string of the molecule is CCCOCCSc1sc(N)nc1C. The third-order valence-electron chi connectivity index (χ3n) is 1.58. The Morgan fingerprint density at radius 1 is 1.50 bits per heavy atom. The Balaban J connectivity index is 2.21. The zero-order valence-corrected chi connectivity index (χ0v) is 10.2. The number of ether oxygens (including phenoxy) is 1. The van der Waals surface area contributed by atoms with Crippen LogP contribution in [0.3, 0.4) is 0 Å². The van der Waals surface area contributed by atoms with E-state index in [0.29, 0.717) is 5.13 Å². The molecule has 0 bridgehead atoms. The van der Waals surface area contributed by atoms with Crippen LogP contribution in [-0.2, 0) is 4.74 Å². The number of anilines is 1. The molecule has 0 aliphatic carbocycles. The van der Waals surface area contributed by atoms with Crippen molar-refractivity contribution in [3.05, 3.63) is 5.69 Å². The molecule has 0 amide bonds. The van der Waals surface area contributed by atoms with Crippen LogP contribution in [0.25, 0.3) is 0 Å². The molecule has 0 aliphatic heterocycles.